The van der Waals surface area contributed by atoms with Gasteiger partial charge in [0.1, 0.15) is 0 Å². The molecule has 0 saturated carbocycles. The summed E-state index contributed by atoms with van der Waals surface area (Å²) in [5.41, 5.74) is 0.891. The van der Waals surface area contributed by atoms with Crippen LogP contribution >= 0.6 is 7.92 Å². The summed E-state index contributed by atoms with van der Waals surface area (Å²) in [4.78, 5) is 19.0. The molecule has 3 saturated heterocycles. The van der Waals surface area contributed by atoms with Gasteiger partial charge in [0.25, 0.3) is 5.91 Å². The molecule has 3 fully saturated rings. The molecule has 0 spiro atoms. The Morgan fingerprint density at radius 1 is 0.765 bits per heavy atom. The van der Waals surface area contributed by atoms with Gasteiger partial charge in [0, 0.05) is 31.2 Å². The molecule has 0 radical (unpaired) electrons. The first-order chi connectivity index (χ1) is 16.8. The number of piperidine rings is 3. The lowest BCUT2D eigenvalue weighted by Crippen LogP contribution is -2.60. The predicted octanol–water partition coefficient (Wildman–Crippen LogP) is 4.39. The van der Waals surface area contributed by atoms with E-state index < -0.39 is 7.92 Å². The average molecular weight is 469 g/mol. The molecule has 0 aliphatic carbocycles. The number of benzene rings is 3. The molecule has 0 N–H and O–H groups in total. The maximum atomic E-state index is 14.1. The van der Waals surface area contributed by atoms with Gasteiger partial charge in [0.2, 0.25) is 0 Å². The van der Waals surface area contributed by atoms with E-state index in [2.05, 4.69) is 88.7 Å². The minimum absolute atomic E-state index is 0.230. The second kappa shape index (κ2) is 9.64. The largest absolute Gasteiger partial charge is 0.338 e. The second-order valence-corrected chi connectivity index (χ2v) is 12.3. The van der Waals surface area contributed by atoms with Gasteiger partial charge < -0.3 is 4.90 Å². The minimum Gasteiger partial charge on any atom is -0.338 e. The van der Waals surface area contributed by atoms with Gasteiger partial charge in [-0.1, -0.05) is 85.3 Å². The molecular formula is C30H33N2OP. The molecular weight excluding hydrogens is 435 g/mol. The highest BCUT2D eigenvalue weighted by atomic mass is 31.1. The lowest BCUT2D eigenvalue weighted by atomic mass is 9.76. The van der Waals surface area contributed by atoms with E-state index in [9.17, 15) is 4.79 Å². The number of likely N-dealkylation sites (tertiary alicyclic amines) is 1. The Hall–Kier alpha value is -2.48. The molecule has 34 heavy (non-hydrogen) atoms. The standard InChI is InChI=1S/C30H33N2OP/c33-30(32-21-23-19-24(22-32)28-16-9-10-18-31(28)20-23)27-15-7-8-17-29(27)34(25-11-3-1-4-12-25)26-13-5-2-6-14-26/h1-8,11-15,17,23-24,28H,9-10,16,18-22H2/t23-,24-,28+/m1/s1. The number of amides is 1. The summed E-state index contributed by atoms with van der Waals surface area (Å²) in [6, 6.07) is 30.5. The van der Waals surface area contributed by atoms with Gasteiger partial charge in [0.15, 0.2) is 0 Å². The summed E-state index contributed by atoms with van der Waals surface area (Å²) in [6.07, 6.45) is 5.29. The normalized spacial score (nSPS) is 24.6. The Balaban J connectivity index is 1.34. The smallest absolute Gasteiger partial charge is 0.254 e. The van der Waals surface area contributed by atoms with E-state index in [0.717, 1.165) is 18.7 Å². The Labute approximate surface area is 204 Å². The van der Waals surface area contributed by atoms with Crippen molar-refractivity contribution in [2.75, 3.05) is 26.2 Å². The van der Waals surface area contributed by atoms with E-state index in [-0.39, 0.29) is 5.91 Å². The molecule has 0 unspecified atom stereocenters. The van der Waals surface area contributed by atoms with Gasteiger partial charge in [0.05, 0.1) is 0 Å². The van der Waals surface area contributed by atoms with Crippen molar-refractivity contribution >= 4 is 29.7 Å². The molecule has 3 aromatic rings. The zero-order valence-corrected chi connectivity index (χ0v) is 20.6. The topological polar surface area (TPSA) is 23.6 Å². The van der Waals surface area contributed by atoms with Gasteiger partial charge in [-0.3, -0.25) is 9.69 Å². The predicted molar refractivity (Wildman–Crippen MR) is 142 cm³/mol. The van der Waals surface area contributed by atoms with Crippen molar-refractivity contribution in [1.82, 2.24) is 9.80 Å². The fourth-order valence-corrected chi connectivity index (χ4v) is 8.97. The Morgan fingerprint density at radius 3 is 2.18 bits per heavy atom. The molecule has 2 bridgehead atoms. The molecule has 3 heterocycles. The maximum absolute atomic E-state index is 14.1. The van der Waals surface area contributed by atoms with Crippen LogP contribution in [-0.4, -0.2) is 47.9 Å². The van der Waals surface area contributed by atoms with E-state index in [1.807, 2.05) is 6.07 Å². The van der Waals surface area contributed by atoms with Crippen LogP contribution in [0.4, 0.5) is 0 Å². The van der Waals surface area contributed by atoms with Crippen LogP contribution in [0.3, 0.4) is 0 Å². The molecule has 0 aromatic heterocycles. The van der Waals surface area contributed by atoms with E-state index >= 15 is 0 Å². The number of carbonyl (C=O) groups is 1. The SMILES string of the molecule is O=C(c1ccccc1P(c1ccccc1)c1ccccc1)N1C[C@@H]2C[C@H](C1)[C@@H]1CCCCN1C2. The monoisotopic (exact) mass is 468 g/mol. The summed E-state index contributed by atoms with van der Waals surface area (Å²) < 4.78 is 0. The van der Waals surface area contributed by atoms with Crippen LogP contribution in [0.25, 0.3) is 0 Å². The van der Waals surface area contributed by atoms with E-state index in [4.69, 9.17) is 0 Å². The third-order valence-corrected chi connectivity index (χ3v) is 10.5. The van der Waals surface area contributed by atoms with Gasteiger partial charge >= 0.3 is 0 Å². The van der Waals surface area contributed by atoms with Crippen LogP contribution in [0.5, 0.6) is 0 Å². The summed E-state index contributed by atoms with van der Waals surface area (Å²) in [5.74, 6) is 1.48. The van der Waals surface area contributed by atoms with Crippen LogP contribution in [0.15, 0.2) is 84.9 Å². The lowest BCUT2D eigenvalue weighted by Gasteiger charge is -2.52. The van der Waals surface area contributed by atoms with Crippen molar-refractivity contribution in [3.63, 3.8) is 0 Å². The van der Waals surface area contributed by atoms with Crippen molar-refractivity contribution in [3.05, 3.63) is 90.5 Å². The Morgan fingerprint density at radius 2 is 1.44 bits per heavy atom. The third kappa shape index (κ3) is 4.21. The Bertz CT molecular complexity index is 1100. The van der Waals surface area contributed by atoms with Crippen molar-refractivity contribution in [1.29, 1.82) is 0 Å². The average Bonchev–Trinajstić information content (AvgIpc) is 2.90. The molecule has 3 nitrogen and oxygen atoms in total. The van der Waals surface area contributed by atoms with Gasteiger partial charge in [-0.25, -0.2) is 0 Å². The summed E-state index contributed by atoms with van der Waals surface area (Å²) in [5, 5.41) is 3.75. The van der Waals surface area contributed by atoms with Crippen LogP contribution in [-0.2, 0) is 0 Å². The molecule has 3 aliphatic rings. The van der Waals surface area contributed by atoms with Crippen LogP contribution in [0.2, 0.25) is 0 Å². The van der Waals surface area contributed by atoms with E-state index in [1.54, 1.807) is 0 Å². The third-order valence-electron chi connectivity index (χ3n) is 7.96. The number of nitrogens with zero attached hydrogens (tertiary/aromatic N) is 2. The number of hydrogen-bond acceptors (Lipinski definition) is 2. The second-order valence-electron chi connectivity index (χ2n) is 10.2. The molecule has 174 valence electrons. The van der Waals surface area contributed by atoms with Crippen LogP contribution in [0.1, 0.15) is 36.0 Å². The molecule has 4 heteroatoms. The zero-order chi connectivity index (χ0) is 22.9. The highest BCUT2D eigenvalue weighted by Crippen LogP contribution is 2.39. The highest BCUT2D eigenvalue weighted by Gasteiger charge is 2.43. The van der Waals surface area contributed by atoms with Crippen molar-refractivity contribution < 1.29 is 4.79 Å². The summed E-state index contributed by atoms with van der Waals surface area (Å²) in [6.45, 7) is 4.25. The first-order valence-electron chi connectivity index (χ1n) is 12.8. The van der Waals surface area contributed by atoms with Crippen molar-refractivity contribution in [3.8, 4) is 0 Å². The van der Waals surface area contributed by atoms with Gasteiger partial charge in [-0.2, -0.15) is 0 Å². The molecule has 3 aromatic carbocycles. The quantitative estimate of drug-likeness (QED) is 0.531. The van der Waals surface area contributed by atoms with Gasteiger partial charge in [-0.05, 0) is 67.5 Å². The summed E-state index contributed by atoms with van der Waals surface area (Å²) >= 11 is 0. The fraction of sp³-hybridized carbons (Fsp3) is 0.367. The number of hydrogen-bond donors (Lipinski definition) is 0. The summed E-state index contributed by atoms with van der Waals surface area (Å²) in [7, 11) is -0.800. The zero-order valence-electron chi connectivity index (χ0n) is 19.7. The number of carbonyl (C=O) groups excluding carboxylic acids is 1. The first-order valence-corrected chi connectivity index (χ1v) is 14.1. The van der Waals surface area contributed by atoms with E-state index in [0.29, 0.717) is 17.9 Å². The van der Waals surface area contributed by atoms with Crippen molar-refractivity contribution in [2.24, 2.45) is 11.8 Å². The molecule has 3 atom stereocenters. The first kappa shape index (κ1) is 22.0. The minimum atomic E-state index is -0.800. The number of fused-ring (bicyclic) bond motifs is 4. The molecule has 1 amide bonds. The van der Waals surface area contributed by atoms with Crippen LogP contribution < -0.4 is 15.9 Å². The van der Waals surface area contributed by atoms with Crippen molar-refractivity contribution in [2.45, 2.75) is 31.7 Å². The molecule has 3 aliphatic heterocycles. The molecule has 6 rings (SSSR count). The maximum Gasteiger partial charge on any atom is 0.254 e. The lowest BCUT2D eigenvalue weighted by molar-refractivity contribution is -0.0242. The fourth-order valence-electron chi connectivity index (χ4n) is 6.53. The van der Waals surface area contributed by atoms with Gasteiger partial charge in [-0.15, -0.1) is 0 Å². The van der Waals surface area contributed by atoms with E-state index in [1.165, 1.54) is 54.7 Å². The van der Waals surface area contributed by atoms with Crippen LogP contribution in [0, 0.1) is 11.8 Å². The highest BCUT2D eigenvalue weighted by molar-refractivity contribution is 7.80. The Kier molecular flexibility index (Phi) is 6.24. The number of rotatable bonds is 4.